The van der Waals surface area contributed by atoms with E-state index in [4.69, 9.17) is 5.73 Å². The molecule has 2 aliphatic rings. The van der Waals surface area contributed by atoms with E-state index >= 15 is 0 Å². The fourth-order valence-corrected chi connectivity index (χ4v) is 6.39. The Hall–Kier alpha value is -4.76. The van der Waals surface area contributed by atoms with Gasteiger partial charge < -0.3 is 21.5 Å². The van der Waals surface area contributed by atoms with Gasteiger partial charge in [0, 0.05) is 51.2 Å². The quantitative estimate of drug-likeness (QED) is 0.0639. The number of carbonyl (C=O) groups excluding carboxylic acids is 4. The smallest absolute Gasteiger partial charge is 0.198 e. The molecule has 2 aliphatic carbocycles. The van der Waals surface area contributed by atoms with Crippen LogP contribution < -0.4 is 16.4 Å². The third-order valence-corrected chi connectivity index (χ3v) is 9.09. The molecule has 0 aliphatic heterocycles. The first-order valence-corrected chi connectivity index (χ1v) is 16.8. The molecule has 5 N–H and O–H groups in total. The second kappa shape index (κ2) is 14.8. The Balaban J connectivity index is 0.000000198. The monoisotopic (exact) mass is 695 g/mol. The predicted molar refractivity (Wildman–Crippen MR) is 189 cm³/mol. The highest BCUT2D eigenvalue weighted by Gasteiger charge is 2.35. The molecule has 0 atom stereocenters. The fourth-order valence-electron chi connectivity index (χ4n) is 5.98. The Morgan fingerprint density at radius 1 is 0.596 bits per heavy atom. The van der Waals surface area contributed by atoms with Crippen LogP contribution in [0.3, 0.4) is 0 Å². The summed E-state index contributed by atoms with van der Waals surface area (Å²) in [5.74, 6) is -1.12. The molecule has 0 unspecified atom stereocenters. The molecular formula is C38H38BrN3O5. The van der Waals surface area contributed by atoms with Crippen molar-refractivity contribution in [3.63, 3.8) is 0 Å². The van der Waals surface area contributed by atoms with Gasteiger partial charge in [0.15, 0.2) is 23.1 Å². The lowest BCUT2D eigenvalue weighted by Crippen LogP contribution is -2.24. The molecule has 0 aromatic heterocycles. The van der Waals surface area contributed by atoms with Gasteiger partial charge >= 0.3 is 0 Å². The van der Waals surface area contributed by atoms with E-state index in [1.54, 1.807) is 36.4 Å². The summed E-state index contributed by atoms with van der Waals surface area (Å²) in [4.78, 5) is 51.3. The van der Waals surface area contributed by atoms with E-state index in [9.17, 15) is 24.3 Å². The molecule has 47 heavy (non-hydrogen) atoms. The average molecular weight is 697 g/mol. The zero-order valence-corrected chi connectivity index (χ0v) is 28.1. The number of nitrogen functional groups attached to an aromatic ring is 1. The summed E-state index contributed by atoms with van der Waals surface area (Å²) < 4.78 is 0.393. The van der Waals surface area contributed by atoms with Gasteiger partial charge in [-0.2, -0.15) is 0 Å². The van der Waals surface area contributed by atoms with Crippen molar-refractivity contribution in [1.82, 2.24) is 0 Å². The Kier molecular flexibility index (Phi) is 10.6. The minimum atomic E-state index is -0.387. The Morgan fingerprint density at radius 3 is 1.38 bits per heavy atom. The van der Waals surface area contributed by atoms with E-state index in [1.165, 1.54) is 6.07 Å². The van der Waals surface area contributed by atoms with Crippen molar-refractivity contribution in [3.05, 3.63) is 116 Å². The molecule has 0 amide bonds. The van der Waals surface area contributed by atoms with Gasteiger partial charge in [-0.25, -0.2) is 0 Å². The van der Waals surface area contributed by atoms with Gasteiger partial charge in [0.1, 0.15) is 5.75 Å². The maximum Gasteiger partial charge on any atom is 0.198 e. The predicted octanol–water partition coefficient (Wildman–Crippen LogP) is 8.18. The van der Waals surface area contributed by atoms with Crippen LogP contribution in [0.2, 0.25) is 0 Å². The second-order valence-electron chi connectivity index (χ2n) is 11.6. The van der Waals surface area contributed by atoms with Gasteiger partial charge in [0.25, 0.3) is 0 Å². The van der Waals surface area contributed by atoms with Crippen LogP contribution in [-0.4, -0.2) is 41.3 Å². The number of benzene rings is 4. The van der Waals surface area contributed by atoms with Crippen molar-refractivity contribution in [2.24, 2.45) is 0 Å². The van der Waals surface area contributed by atoms with Crippen molar-refractivity contribution in [1.29, 1.82) is 0 Å². The van der Waals surface area contributed by atoms with Crippen LogP contribution in [0.1, 0.15) is 116 Å². The summed E-state index contributed by atoms with van der Waals surface area (Å²) in [6.07, 6.45) is 6.66. The zero-order chi connectivity index (χ0) is 33.7. The molecule has 0 fully saturated rings. The van der Waals surface area contributed by atoms with Crippen LogP contribution in [0.4, 0.5) is 17.1 Å². The first-order chi connectivity index (χ1) is 22.7. The van der Waals surface area contributed by atoms with Gasteiger partial charge in [0.2, 0.25) is 0 Å². The van der Waals surface area contributed by atoms with E-state index in [1.807, 2.05) is 24.3 Å². The van der Waals surface area contributed by atoms with Gasteiger partial charge in [0.05, 0.1) is 27.9 Å². The third-order valence-electron chi connectivity index (χ3n) is 8.43. The second-order valence-corrected chi connectivity index (χ2v) is 12.5. The summed E-state index contributed by atoms with van der Waals surface area (Å²) >= 11 is 3.16. The summed E-state index contributed by atoms with van der Waals surface area (Å²) in [7, 11) is 0. The lowest BCUT2D eigenvalue weighted by atomic mass is 9.82. The third kappa shape index (κ3) is 6.58. The Bertz CT molecular complexity index is 1810. The highest BCUT2D eigenvalue weighted by molar-refractivity contribution is 9.10. The van der Waals surface area contributed by atoms with Gasteiger partial charge in [-0.1, -0.05) is 88.1 Å². The van der Waals surface area contributed by atoms with Crippen molar-refractivity contribution >= 4 is 56.1 Å². The van der Waals surface area contributed by atoms with Crippen LogP contribution in [0.15, 0.2) is 71.2 Å². The molecule has 8 nitrogen and oxygen atoms in total. The lowest BCUT2D eigenvalue weighted by molar-refractivity contribution is 0.0977. The Morgan fingerprint density at radius 2 is 0.979 bits per heavy atom. The van der Waals surface area contributed by atoms with Crippen LogP contribution in [0, 0.1) is 0 Å². The Labute approximate surface area is 282 Å². The molecule has 4 aromatic carbocycles. The SMILES string of the molecule is CCCCCNc1ccc(NCCCCC)c2c1C(=O)c1ccccc1C2=O.Nc1c(Br)cc(O)c2c1C(=O)c1ccccc1C2=O. The minimum Gasteiger partial charge on any atom is -0.507 e. The summed E-state index contributed by atoms with van der Waals surface area (Å²) in [5, 5.41) is 16.7. The normalized spacial score (nSPS) is 12.7. The van der Waals surface area contributed by atoms with E-state index in [-0.39, 0.29) is 51.3 Å². The molecule has 9 heteroatoms. The number of nitrogens with two attached hydrogens (primary N) is 1. The van der Waals surface area contributed by atoms with E-state index in [0.29, 0.717) is 32.3 Å². The van der Waals surface area contributed by atoms with Crippen LogP contribution >= 0.6 is 15.9 Å². The summed E-state index contributed by atoms with van der Waals surface area (Å²) in [6.45, 7) is 5.93. The highest BCUT2D eigenvalue weighted by Crippen LogP contribution is 2.40. The van der Waals surface area contributed by atoms with Crippen molar-refractivity contribution in [2.45, 2.75) is 52.4 Å². The number of unbranched alkanes of at least 4 members (excludes halogenated alkanes) is 4. The standard InChI is InChI=1S/C24H30N2O2.C14H8BrNO3/c1-3-5-9-15-25-19-13-14-20(26-16-10-6-4-2)22-21(19)23(27)17-11-7-8-12-18(17)24(22)28;15-8-5-9(17)10-11(12(8)16)14(19)7-4-2-1-3-6(7)13(10)18/h7-8,11-14,25-26H,3-6,9-10,15-16H2,1-2H3;1-5,17H,16H2. The molecule has 0 bridgehead atoms. The largest absolute Gasteiger partial charge is 0.507 e. The zero-order valence-electron chi connectivity index (χ0n) is 26.5. The fraction of sp³-hybridized carbons (Fsp3) is 0.263. The number of ketones is 4. The molecule has 0 spiro atoms. The lowest BCUT2D eigenvalue weighted by Gasteiger charge is -2.24. The number of nitrogens with one attached hydrogen (secondary N) is 2. The number of phenols is 1. The molecule has 6 rings (SSSR count). The van der Waals surface area contributed by atoms with Crippen molar-refractivity contribution in [2.75, 3.05) is 29.5 Å². The van der Waals surface area contributed by atoms with E-state index < -0.39 is 0 Å². The molecular weight excluding hydrogens is 658 g/mol. The number of hydrogen-bond acceptors (Lipinski definition) is 8. The first kappa shape index (κ1) is 33.6. The molecule has 242 valence electrons. The number of carbonyl (C=O) groups is 4. The molecule has 0 saturated carbocycles. The van der Waals surface area contributed by atoms with E-state index in [2.05, 4.69) is 40.4 Å². The maximum atomic E-state index is 13.3. The van der Waals surface area contributed by atoms with Crippen LogP contribution in [0.25, 0.3) is 0 Å². The first-order valence-electron chi connectivity index (χ1n) is 16.0. The van der Waals surface area contributed by atoms with Crippen LogP contribution in [-0.2, 0) is 0 Å². The molecule has 0 heterocycles. The van der Waals surface area contributed by atoms with Gasteiger partial charge in [-0.15, -0.1) is 0 Å². The van der Waals surface area contributed by atoms with E-state index in [0.717, 1.165) is 63.0 Å². The summed E-state index contributed by atoms with van der Waals surface area (Å²) in [5.41, 5.74) is 10.2. The number of anilines is 3. The van der Waals surface area contributed by atoms with Crippen molar-refractivity contribution < 1.29 is 24.3 Å². The number of aromatic hydroxyl groups is 1. The topological polar surface area (TPSA) is 139 Å². The highest BCUT2D eigenvalue weighted by atomic mass is 79.9. The van der Waals surface area contributed by atoms with Gasteiger partial charge in [-0.3, -0.25) is 19.2 Å². The maximum absolute atomic E-state index is 13.3. The average Bonchev–Trinajstić information content (AvgIpc) is 3.08. The molecule has 4 aromatic rings. The van der Waals surface area contributed by atoms with Crippen LogP contribution in [0.5, 0.6) is 5.75 Å². The number of rotatable bonds is 10. The summed E-state index contributed by atoms with van der Waals surface area (Å²) in [6, 6.07) is 18.8. The number of fused-ring (bicyclic) bond motifs is 4. The number of halogens is 1. The number of phenolic OH excluding ortho intramolecular Hbond substituents is 1. The number of hydrogen-bond donors (Lipinski definition) is 4. The minimum absolute atomic E-state index is 0.0237. The molecule has 0 radical (unpaired) electrons. The molecule has 0 saturated heterocycles. The van der Waals surface area contributed by atoms with Gasteiger partial charge in [-0.05, 0) is 47.0 Å². The van der Waals surface area contributed by atoms with Crippen molar-refractivity contribution in [3.8, 4) is 5.75 Å².